The van der Waals surface area contributed by atoms with E-state index >= 15 is 0 Å². The number of aliphatic hydroxyl groups excluding tert-OH is 2. The Morgan fingerprint density at radius 3 is 2.10 bits per heavy atom. The fraction of sp³-hybridized carbons (Fsp3) is 0.600. The number of hydrogen-bond acceptors (Lipinski definition) is 5. The summed E-state index contributed by atoms with van der Waals surface area (Å²) in [7, 11) is 4.57. The molecule has 0 saturated carbocycles. The Morgan fingerprint density at radius 2 is 1.67 bits per heavy atom. The van der Waals surface area contributed by atoms with Crippen LogP contribution in [0.1, 0.15) is 31.2 Å². The van der Waals surface area contributed by atoms with Crippen molar-refractivity contribution in [1.29, 1.82) is 0 Å². The van der Waals surface area contributed by atoms with Gasteiger partial charge in [-0.05, 0) is 24.8 Å². The lowest BCUT2D eigenvalue weighted by Gasteiger charge is -2.23. The molecular formula is C15H23ClO5. The Kier molecular flexibility index (Phi) is 7.08. The molecule has 0 spiro atoms. The summed E-state index contributed by atoms with van der Waals surface area (Å²) >= 11 is 6.24. The summed E-state index contributed by atoms with van der Waals surface area (Å²) in [6.07, 6.45) is 0.389. The average molecular weight is 319 g/mol. The summed E-state index contributed by atoms with van der Waals surface area (Å²) in [5, 5.41) is 19.2. The molecule has 1 aromatic carbocycles. The molecule has 2 unspecified atom stereocenters. The summed E-state index contributed by atoms with van der Waals surface area (Å²) in [6.45, 7) is 1.72. The first-order valence-corrected chi connectivity index (χ1v) is 7.18. The van der Waals surface area contributed by atoms with Crippen LogP contribution in [0.15, 0.2) is 6.07 Å². The molecule has 120 valence electrons. The summed E-state index contributed by atoms with van der Waals surface area (Å²) in [5.74, 6) is 1.37. The quantitative estimate of drug-likeness (QED) is 0.771. The molecule has 21 heavy (non-hydrogen) atoms. The van der Waals surface area contributed by atoms with Crippen molar-refractivity contribution in [3.8, 4) is 17.2 Å². The minimum Gasteiger partial charge on any atom is -0.492 e. The first kappa shape index (κ1) is 17.9. The standard InChI is InChI=1S/C15H23ClO5/c1-5-9(6-10(18)8-17)11-7-12(16)14(20-3)15(21-4)13(11)19-2/h7,9-10,17-18H,5-6,8H2,1-4H3. The van der Waals surface area contributed by atoms with Crippen LogP contribution >= 0.6 is 11.6 Å². The van der Waals surface area contributed by atoms with Gasteiger partial charge in [-0.15, -0.1) is 0 Å². The molecule has 0 heterocycles. The molecule has 2 N–H and O–H groups in total. The molecular weight excluding hydrogens is 296 g/mol. The summed E-state index contributed by atoms with van der Waals surface area (Å²) in [4.78, 5) is 0. The van der Waals surface area contributed by atoms with E-state index in [2.05, 4.69) is 0 Å². The number of rotatable bonds is 8. The average Bonchev–Trinajstić information content (AvgIpc) is 2.50. The van der Waals surface area contributed by atoms with Gasteiger partial charge in [-0.2, -0.15) is 0 Å². The zero-order chi connectivity index (χ0) is 16.0. The molecule has 0 saturated heterocycles. The third-order valence-corrected chi connectivity index (χ3v) is 3.77. The number of methoxy groups -OCH3 is 3. The minimum atomic E-state index is -0.786. The van der Waals surface area contributed by atoms with Crippen molar-refractivity contribution in [3.63, 3.8) is 0 Å². The van der Waals surface area contributed by atoms with E-state index in [1.165, 1.54) is 14.2 Å². The molecule has 0 radical (unpaired) electrons. The highest BCUT2D eigenvalue weighted by Gasteiger charge is 2.25. The van der Waals surface area contributed by atoms with Gasteiger partial charge in [0.25, 0.3) is 0 Å². The lowest BCUT2D eigenvalue weighted by Crippen LogP contribution is -2.17. The largest absolute Gasteiger partial charge is 0.492 e. The predicted molar refractivity (Wildman–Crippen MR) is 81.8 cm³/mol. The SMILES string of the molecule is CCC(CC(O)CO)c1cc(Cl)c(OC)c(OC)c1OC. The Balaban J connectivity index is 3.36. The van der Waals surface area contributed by atoms with E-state index in [1.54, 1.807) is 13.2 Å². The van der Waals surface area contributed by atoms with Gasteiger partial charge in [0, 0.05) is 5.56 Å². The van der Waals surface area contributed by atoms with Crippen molar-refractivity contribution in [2.75, 3.05) is 27.9 Å². The normalized spacial score (nSPS) is 13.7. The Morgan fingerprint density at radius 1 is 1.10 bits per heavy atom. The molecule has 2 atom stereocenters. The monoisotopic (exact) mass is 318 g/mol. The smallest absolute Gasteiger partial charge is 0.205 e. The van der Waals surface area contributed by atoms with Crippen molar-refractivity contribution < 1.29 is 24.4 Å². The van der Waals surface area contributed by atoms with Gasteiger partial charge in [-0.25, -0.2) is 0 Å². The van der Waals surface area contributed by atoms with Crippen molar-refractivity contribution in [1.82, 2.24) is 0 Å². The zero-order valence-electron chi connectivity index (χ0n) is 12.9. The Hall–Kier alpha value is -1.17. The maximum Gasteiger partial charge on any atom is 0.205 e. The highest BCUT2D eigenvalue weighted by atomic mass is 35.5. The summed E-state index contributed by atoms with van der Waals surface area (Å²) in [6, 6.07) is 1.76. The predicted octanol–water partition coefficient (Wildman–Crippen LogP) is 2.60. The van der Waals surface area contributed by atoms with Crippen molar-refractivity contribution >= 4 is 11.6 Å². The number of hydrogen-bond donors (Lipinski definition) is 2. The second-order valence-corrected chi connectivity index (χ2v) is 5.13. The van der Waals surface area contributed by atoms with E-state index < -0.39 is 6.10 Å². The molecule has 0 fully saturated rings. The molecule has 0 aliphatic rings. The highest BCUT2D eigenvalue weighted by Crippen LogP contribution is 2.48. The van der Waals surface area contributed by atoms with Crippen LogP contribution in [0.4, 0.5) is 0 Å². The zero-order valence-corrected chi connectivity index (χ0v) is 13.6. The maximum atomic E-state index is 9.70. The molecule has 1 aromatic rings. The van der Waals surface area contributed by atoms with Gasteiger partial charge < -0.3 is 24.4 Å². The van der Waals surface area contributed by atoms with Crippen molar-refractivity contribution in [3.05, 3.63) is 16.7 Å². The third-order valence-electron chi connectivity index (χ3n) is 3.49. The topological polar surface area (TPSA) is 68.2 Å². The number of ether oxygens (including phenoxy) is 3. The van der Waals surface area contributed by atoms with Gasteiger partial charge in [-0.1, -0.05) is 18.5 Å². The maximum absolute atomic E-state index is 9.70. The second-order valence-electron chi connectivity index (χ2n) is 4.72. The van der Waals surface area contributed by atoms with Gasteiger partial charge in [0.2, 0.25) is 5.75 Å². The van der Waals surface area contributed by atoms with Gasteiger partial charge in [0.05, 0.1) is 39.1 Å². The van der Waals surface area contributed by atoms with E-state index in [0.29, 0.717) is 28.7 Å². The number of aliphatic hydroxyl groups is 2. The summed E-state index contributed by atoms with van der Waals surface area (Å²) in [5.41, 5.74) is 0.829. The molecule has 5 nitrogen and oxygen atoms in total. The van der Waals surface area contributed by atoms with Crippen LogP contribution in [0, 0.1) is 0 Å². The molecule has 0 amide bonds. The fourth-order valence-electron chi connectivity index (χ4n) is 2.42. The lowest BCUT2D eigenvalue weighted by atomic mass is 9.89. The van der Waals surface area contributed by atoms with Crippen molar-refractivity contribution in [2.45, 2.75) is 31.8 Å². The minimum absolute atomic E-state index is 0.0144. The van der Waals surface area contributed by atoms with E-state index in [4.69, 9.17) is 30.9 Å². The van der Waals surface area contributed by atoms with Crippen LogP contribution in [0.2, 0.25) is 5.02 Å². The van der Waals surface area contributed by atoms with Crippen LogP contribution in [-0.2, 0) is 0 Å². The van der Waals surface area contributed by atoms with Crippen LogP contribution in [0.25, 0.3) is 0 Å². The molecule has 1 rings (SSSR count). The molecule has 0 aliphatic heterocycles. The van der Waals surface area contributed by atoms with E-state index in [1.807, 2.05) is 6.92 Å². The Labute approximate surface area is 130 Å². The van der Waals surface area contributed by atoms with Crippen LogP contribution in [0.5, 0.6) is 17.2 Å². The summed E-state index contributed by atoms with van der Waals surface area (Å²) < 4.78 is 16.1. The van der Waals surface area contributed by atoms with Gasteiger partial charge in [0.1, 0.15) is 0 Å². The molecule has 0 aromatic heterocycles. The first-order chi connectivity index (χ1) is 10.0. The van der Waals surface area contributed by atoms with Crippen LogP contribution in [0.3, 0.4) is 0 Å². The van der Waals surface area contributed by atoms with Crippen LogP contribution in [-0.4, -0.2) is 44.3 Å². The number of halogens is 1. The van der Waals surface area contributed by atoms with Crippen LogP contribution < -0.4 is 14.2 Å². The van der Waals surface area contributed by atoms with Gasteiger partial charge in [-0.3, -0.25) is 0 Å². The second kappa shape index (κ2) is 8.32. The van der Waals surface area contributed by atoms with Gasteiger partial charge in [0.15, 0.2) is 11.5 Å². The van der Waals surface area contributed by atoms with E-state index in [-0.39, 0.29) is 12.5 Å². The van der Waals surface area contributed by atoms with Gasteiger partial charge >= 0.3 is 0 Å². The fourth-order valence-corrected chi connectivity index (χ4v) is 2.70. The third kappa shape index (κ3) is 3.93. The van der Waals surface area contributed by atoms with E-state index in [0.717, 1.165) is 12.0 Å². The van der Waals surface area contributed by atoms with Crippen molar-refractivity contribution in [2.24, 2.45) is 0 Å². The molecule has 0 bridgehead atoms. The number of benzene rings is 1. The molecule has 6 heteroatoms. The highest BCUT2D eigenvalue weighted by molar-refractivity contribution is 6.32. The molecule has 0 aliphatic carbocycles. The first-order valence-electron chi connectivity index (χ1n) is 6.81. The van der Waals surface area contributed by atoms with E-state index in [9.17, 15) is 5.11 Å². The lowest BCUT2D eigenvalue weighted by molar-refractivity contribution is 0.0815. The Bertz CT molecular complexity index is 464.